The monoisotopic (exact) mass is 238 g/mol. The standard InChI is InChI=1S/C13H22N2S/c1-14-11-12-6-4-7-13(10-12)16-9-5-8-15(2)3/h4,6-7,10,14H,5,8-9,11H2,1-3H3. The highest BCUT2D eigenvalue weighted by atomic mass is 32.2. The van der Waals surface area contributed by atoms with Gasteiger partial charge in [-0.05, 0) is 57.6 Å². The molecule has 0 unspecified atom stereocenters. The molecule has 2 nitrogen and oxygen atoms in total. The molecule has 0 atom stereocenters. The first kappa shape index (κ1) is 13.6. The Hall–Kier alpha value is -0.510. The van der Waals surface area contributed by atoms with Gasteiger partial charge in [0.15, 0.2) is 0 Å². The first-order valence-electron chi connectivity index (χ1n) is 5.73. The van der Waals surface area contributed by atoms with E-state index in [9.17, 15) is 0 Å². The van der Waals surface area contributed by atoms with Crippen molar-refractivity contribution in [3.63, 3.8) is 0 Å². The molecule has 16 heavy (non-hydrogen) atoms. The van der Waals surface area contributed by atoms with Crippen LogP contribution in [0, 0.1) is 0 Å². The summed E-state index contributed by atoms with van der Waals surface area (Å²) in [5, 5.41) is 3.18. The Bertz CT molecular complexity index is 300. The fourth-order valence-corrected chi connectivity index (χ4v) is 2.44. The maximum absolute atomic E-state index is 3.18. The highest BCUT2D eigenvalue weighted by Crippen LogP contribution is 2.19. The molecule has 0 aromatic heterocycles. The van der Waals surface area contributed by atoms with Crippen molar-refractivity contribution in [2.24, 2.45) is 0 Å². The largest absolute Gasteiger partial charge is 0.316 e. The van der Waals surface area contributed by atoms with Crippen LogP contribution in [0.15, 0.2) is 29.2 Å². The highest BCUT2D eigenvalue weighted by molar-refractivity contribution is 7.99. The predicted octanol–water partition coefficient (Wildman–Crippen LogP) is 2.45. The number of benzene rings is 1. The molecule has 0 aliphatic carbocycles. The van der Waals surface area contributed by atoms with E-state index < -0.39 is 0 Å². The van der Waals surface area contributed by atoms with Crippen molar-refractivity contribution in [3.05, 3.63) is 29.8 Å². The van der Waals surface area contributed by atoms with Crippen LogP contribution in [0.25, 0.3) is 0 Å². The lowest BCUT2D eigenvalue weighted by Crippen LogP contribution is -2.13. The van der Waals surface area contributed by atoms with Gasteiger partial charge in [-0.1, -0.05) is 12.1 Å². The van der Waals surface area contributed by atoms with Gasteiger partial charge in [0, 0.05) is 11.4 Å². The van der Waals surface area contributed by atoms with E-state index in [2.05, 4.69) is 48.6 Å². The summed E-state index contributed by atoms with van der Waals surface area (Å²) in [6.07, 6.45) is 1.24. The molecule has 0 radical (unpaired) electrons. The summed E-state index contributed by atoms with van der Waals surface area (Å²) < 4.78 is 0. The van der Waals surface area contributed by atoms with Crippen LogP contribution in [0.3, 0.4) is 0 Å². The van der Waals surface area contributed by atoms with E-state index in [1.165, 1.54) is 29.2 Å². The summed E-state index contributed by atoms with van der Waals surface area (Å²) in [5.41, 5.74) is 1.36. The highest BCUT2D eigenvalue weighted by Gasteiger charge is 1.97. The van der Waals surface area contributed by atoms with Gasteiger partial charge in [-0.3, -0.25) is 0 Å². The van der Waals surface area contributed by atoms with E-state index in [0.29, 0.717) is 0 Å². The van der Waals surface area contributed by atoms with Crippen molar-refractivity contribution < 1.29 is 0 Å². The van der Waals surface area contributed by atoms with Gasteiger partial charge < -0.3 is 10.2 Å². The summed E-state index contributed by atoms with van der Waals surface area (Å²) in [6, 6.07) is 8.78. The molecule has 0 heterocycles. The average molecular weight is 238 g/mol. The van der Waals surface area contributed by atoms with Gasteiger partial charge in [0.2, 0.25) is 0 Å². The second kappa shape index (κ2) is 7.71. The van der Waals surface area contributed by atoms with Gasteiger partial charge >= 0.3 is 0 Å². The lowest BCUT2D eigenvalue weighted by Gasteiger charge is -2.09. The second-order valence-corrected chi connectivity index (χ2v) is 5.35. The Balaban J connectivity index is 2.33. The van der Waals surface area contributed by atoms with E-state index in [4.69, 9.17) is 0 Å². The van der Waals surface area contributed by atoms with Gasteiger partial charge in [0.25, 0.3) is 0 Å². The number of nitrogens with one attached hydrogen (secondary N) is 1. The molecule has 0 amide bonds. The number of hydrogen-bond acceptors (Lipinski definition) is 3. The van der Waals surface area contributed by atoms with Gasteiger partial charge in [-0.2, -0.15) is 0 Å². The maximum atomic E-state index is 3.18. The molecule has 1 rings (SSSR count). The van der Waals surface area contributed by atoms with E-state index in [1.54, 1.807) is 0 Å². The van der Waals surface area contributed by atoms with Crippen LogP contribution in [0.4, 0.5) is 0 Å². The van der Waals surface area contributed by atoms with E-state index >= 15 is 0 Å². The Morgan fingerprint density at radius 3 is 2.81 bits per heavy atom. The molecule has 3 heteroatoms. The topological polar surface area (TPSA) is 15.3 Å². The number of hydrogen-bond donors (Lipinski definition) is 1. The summed E-state index contributed by atoms with van der Waals surface area (Å²) in [6.45, 7) is 2.12. The Labute approximate surface area is 103 Å². The predicted molar refractivity (Wildman–Crippen MR) is 73.1 cm³/mol. The SMILES string of the molecule is CNCc1cccc(SCCCN(C)C)c1. The van der Waals surface area contributed by atoms with Gasteiger partial charge in [0.05, 0.1) is 0 Å². The molecule has 0 spiro atoms. The van der Waals surface area contributed by atoms with Crippen LogP contribution in [0.1, 0.15) is 12.0 Å². The third kappa shape index (κ3) is 5.54. The quantitative estimate of drug-likeness (QED) is 0.580. The molecule has 0 aliphatic heterocycles. The van der Waals surface area contributed by atoms with Crippen molar-refractivity contribution in [1.82, 2.24) is 10.2 Å². The van der Waals surface area contributed by atoms with Gasteiger partial charge in [-0.25, -0.2) is 0 Å². The number of nitrogens with zero attached hydrogens (tertiary/aromatic N) is 1. The fourth-order valence-electron chi connectivity index (χ4n) is 1.52. The first-order valence-corrected chi connectivity index (χ1v) is 6.72. The Morgan fingerprint density at radius 2 is 2.12 bits per heavy atom. The molecule has 0 fully saturated rings. The van der Waals surface area contributed by atoms with Crippen LogP contribution < -0.4 is 5.32 Å². The summed E-state index contributed by atoms with van der Waals surface area (Å²) in [5.74, 6) is 1.20. The summed E-state index contributed by atoms with van der Waals surface area (Å²) in [7, 11) is 6.23. The van der Waals surface area contributed by atoms with E-state index in [0.717, 1.165) is 6.54 Å². The minimum Gasteiger partial charge on any atom is -0.316 e. The second-order valence-electron chi connectivity index (χ2n) is 4.18. The van der Waals surface area contributed by atoms with Gasteiger partial charge in [-0.15, -0.1) is 11.8 Å². The number of rotatable bonds is 7. The van der Waals surface area contributed by atoms with Crippen LogP contribution in [0.5, 0.6) is 0 Å². The van der Waals surface area contributed by atoms with Crippen molar-refractivity contribution in [2.75, 3.05) is 33.4 Å². The number of thioether (sulfide) groups is 1. The average Bonchev–Trinajstić information content (AvgIpc) is 2.25. The molecule has 1 N–H and O–H groups in total. The molecule has 0 bridgehead atoms. The van der Waals surface area contributed by atoms with Crippen LogP contribution in [0.2, 0.25) is 0 Å². The Morgan fingerprint density at radius 1 is 1.31 bits per heavy atom. The molecular weight excluding hydrogens is 216 g/mol. The smallest absolute Gasteiger partial charge is 0.0202 e. The lowest BCUT2D eigenvalue weighted by atomic mass is 10.2. The molecule has 1 aromatic rings. The molecule has 90 valence electrons. The zero-order valence-electron chi connectivity index (χ0n) is 10.5. The van der Waals surface area contributed by atoms with Crippen molar-refractivity contribution in [3.8, 4) is 0 Å². The van der Waals surface area contributed by atoms with Crippen molar-refractivity contribution in [1.29, 1.82) is 0 Å². The summed E-state index contributed by atoms with van der Waals surface area (Å²) >= 11 is 1.95. The third-order valence-electron chi connectivity index (χ3n) is 2.30. The molecular formula is C13H22N2S. The van der Waals surface area contributed by atoms with Crippen LogP contribution in [-0.2, 0) is 6.54 Å². The molecule has 1 aromatic carbocycles. The molecule has 0 aliphatic rings. The fraction of sp³-hybridized carbons (Fsp3) is 0.538. The van der Waals surface area contributed by atoms with Crippen LogP contribution in [-0.4, -0.2) is 38.3 Å². The van der Waals surface area contributed by atoms with Crippen molar-refractivity contribution in [2.45, 2.75) is 17.9 Å². The van der Waals surface area contributed by atoms with E-state index in [-0.39, 0.29) is 0 Å². The van der Waals surface area contributed by atoms with Gasteiger partial charge in [0.1, 0.15) is 0 Å². The minimum absolute atomic E-state index is 0.950. The van der Waals surface area contributed by atoms with Crippen LogP contribution >= 0.6 is 11.8 Å². The first-order chi connectivity index (χ1) is 7.72. The third-order valence-corrected chi connectivity index (χ3v) is 3.38. The zero-order chi connectivity index (χ0) is 11.8. The zero-order valence-corrected chi connectivity index (χ0v) is 11.3. The van der Waals surface area contributed by atoms with E-state index in [1.807, 2.05) is 18.8 Å². The normalized spacial score (nSPS) is 11.0. The minimum atomic E-state index is 0.950. The molecule has 0 saturated heterocycles. The maximum Gasteiger partial charge on any atom is 0.0202 e. The summed E-state index contributed by atoms with van der Waals surface area (Å²) in [4.78, 5) is 3.62. The lowest BCUT2D eigenvalue weighted by molar-refractivity contribution is 0.410. The Kier molecular flexibility index (Phi) is 6.53. The molecule has 0 saturated carbocycles. The van der Waals surface area contributed by atoms with Crippen molar-refractivity contribution >= 4 is 11.8 Å².